The predicted molar refractivity (Wildman–Crippen MR) is 59.2 cm³/mol. The standard InChI is InChI=1S/C9H4Cl2F3N3O/c10-4-1-3(2-5(11)6(4)15)7-16-8(17-18-7)9(12,13)14/h1-2H,15H2. The van der Waals surface area contributed by atoms with Gasteiger partial charge in [0.05, 0.1) is 15.7 Å². The predicted octanol–water partition coefficient (Wildman–Crippen LogP) is 3.64. The number of rotatable bonds is 1. The molecule has 0 saturated heterocycles. The van der Waals surface area contributed by atoms with E-state index in [2.05, 4.69) is 14.7 Å². The van der Waals surface area contributed by atoms with E-state index in [0.717, 1.165) is 0 Å². The highest BCUT2D eigenvalue weighted by molar-refractivity contribution is 6.39. The Hall–Kier alpha value is -1.47. The van der Waals surface area contributed by atoms with Gasteiger partial charge in [-0.3, -0.25) is 0 Å². The molecule has 0 unspecified atom stereocenters. The van der Waals surface area contributed by atoms with Gasteiger partial charge in [0.2, 0.25) is 0 Å². The highest BCUT2D eigenvalue weighted by Crippen LogP contribution is 2.34. The number of benzene rings is 1. The Balaban J connectivity index is 2.47. The number of nitrogens with two attached hydrogens (primary N) is 1. The summed E-state index contributed by atoms with van der Waals surface area (Å²) in [5, 5.41) is 2.99. The molecule has 1 aromatic carbocycles. The Bertz CT molecular complexity index is 574. The Kier molecular flexibility index (Phi) is 3.12. The molecule has 0 spiro atoms. The molecule has 1 aromatic heterocycles. The maximum Gasteiger partial charge on any atom is 0.455 e. The van der Waals surface area contributed by atoms with E-state index in [9.17, 15) is 13.2 Å². The van der Waals surface area contributed by atoms with Gasteiger partial charge in [0.15, 0.2) is 0 Å². The molecule has 4 nitrogen and oxygen atoms in total. The van der Waals surface area contributed by atoms with Crippen molar-refractivity contribution in [1.82, 2.24) is 10.1 Å². The molecule has 9 heteroatoms. The van der Waals surface area contributed by atoms with E-state index >= 15 is 0 Å². The zero-order valence-corrected chi connectivity index (χ0v) is 9.94. The van der Waals surface area contributed by atoms with Crippen LogP contribution in [-0.2, 0) is 6.18 Å². The minimum atomic E-state index is -4.68. The normalized spacial score (nSPS) is 11.8. The van der Waals surface area contributed by atoms with Crippen LogP contribution in [0.15, 0.2) is 16.7 Å². The van der Waals surface area contributed by atoms with Crippen molar-refractivity contribution in [3.05, 3.63) is 28.0 Å². The first kappa shape index (κ1) is 13.0. The summed E-state index contributed by atoms with van der Waals surface area (Å²) in [6.07, 6.45) is -4.68. The fraction of sp³-hybridized carbons (Fsp3) is 0.111. The van der Waals surface area contributed by atoms with Crippen LogP contribution in [0.3, 0.4) is 0 Å². The van der Waals surface area contributed by atoms with E-state index in [1.165, 1.54) is 12.1 Å². The van der Waals surface area contributed by atoms with Gasteiger partial charge in [-0.25, -0.2) is 0 Å². The van der Waals surface area contributed by atoms with Gasteiger partial charge in [-0.1, -0.05) is 28.4 Å². The van der Waals surface area contributed by atoms with Crippen LogP contribution in [0, 0.1) is 0 Å². The molecule has 96 valence electrons. The maximum atomic E-state index is 12.3. The van der Waals surface area contributed by atoms with Gasteiger partial charge in [-0.05, 0) is 12.1 Å². The third kappa shape index (κ3) is 2.37. The first-order valence-corrected chi connectivity index (χ1v) is 5.20. The maximum absolute atomic E-state index is 12.3. The van der Waals surface area contributed by atoms with Crippen molar-refractivity contribution in [3.63, 3.8) is 0 Å². The van der Waals surface area contributed by atoms with Gasteiger partial charge < -0.3 is 10.3 Å². The fourth-order valence-corrected chi connectivity index (χ4v) is 1.65. The lowest BCUT2D eigenvalue weighted by atomic mass is 10.2. The summed E-state index contributed by atoms with van der Waals surface area (Å²) in [4.78, 5) is 3.20. The lowest BCUT2D eigenvalue weighted by Gasteiger charge is -2.02. The molecule has 0 bridgehead atoms. The van der Waals surface area contributed by atoms with Gasteiger partial charge in [0.1, 0.15) is 0 Å². The van der Waals surface area contributed by atoms with E-state index < -0.39 is 12.0 Å². The first-order valence-electron chi connectivity index (χ1n) is 4.45. The third-order valence-electron chi connectivity index (χ3n) is 2.01. The zero-order chi connectivity index (χ0) is 13.5. The van der Waals surface area contributed by atoms with Crippen molar-refractivity contribution in [2.75, 3.05) is 5.73 Å². The van der Waals surface area contributed by atoms with Crippen LogP contribution >= 0.6 is 23.2 Å². The number of halogens is 5. The monoisotopic (exact) mass is 297 g/mol. The number of hydrogen-bond acceptors (Lipinski definition) is 4. The Morgan fingerprint density at radius 2 is 1.72 bits per heavy atom. The summed E-state index contributed by atoms with van der Waals surface area (Å²) in [6.45, 7) is 0. The molecule has 0 aliphatic rings. The second-order valence-corrected chi connectivity index (χ2v) is 4.09. The fourth-order valence-electron chi connectivity index (χ4n) is 1.16. The smallest absolute Gasteiger partial charge is 0.396 e. The molecule has 2 aromatic rings. The van der Waals surface area contributed by atoms with Gasteiger partial charge in [0.25, 0.3) is 11.7 Å². The molecule has 0 atom stereocenters. The molecule has 18 heavy (non-hydrogen) atoms. The van der Waals surface area contributed by atoms with E-state index in [-0.39, 0.29) is 27.2 Å². The van der Waals surface area contributed by atoms with E-state index in [1.807, 2.05) is 0 Å². The SMILES string of the molecule is Nc1c(Cl)cc(-c2nc(C(F)(F)F)no2)cc1Cl. The molecule has 0 aliphatic heterocycles. The molecule has 0 saturated carbocycles. The summed E-state index contributed by atoms with van der Waals surface area (Å²) in [5.41, 5.74) is 5.77. The topological polar surface area (TPSA) is 64.9 Å². The second kappa shape index (κ2) is 4.33. The van der Waals surface area contributed by atoms with Crippen LogP contribution in [0.4, 0.5) is 18.9 Å². The summed E-state index contributed by atoms with van der Waals surface area (Å²) in [5.74, 6) is -1.72. The Labute approximate surface area is 108 Å². The van der Waals surface area contributed by atoms with Crippen molar-refractivity contribution in [2.24, 2.45) is 0 Å². The molecule has 2 N–H and O–H groups in total. The lowest BCUT2D eigenvalue weighted by Crippen LogP contribution is -2.07. The summed E-state index contributed by atoms with van der Waals surface area (Å²) in [7, 11) is 0. The first-order chi connectivity index (χ1) is 8.29. The molecule has 0 radical (unpaired) electrons. The van der Waals surface area contributed by atoms with Crippen molar-refractivity contribution in [2.45, 2.75) is 6.18 Å². The largest absolute Gasteiger partial charge is 0.455 e. The minimum absolute atomic E-state index is 0.0873. The van der Waals surface area contributed by atoms with Crippen LogP contribution in [0.1, 0.15) is 5.82 Å². The number of anilines is 1. The molecule has 1 heterocycles. The van der Waals surface area contributed by atoms with E-state index in [4.69, 9.17) is 28.9 Å². The highest BCUT2D eigenvalue weighted by Gasteiger charge is 2.37. The number of nitrogens with zero attached hydrogens (tertiary/aromatic N) is 2. The number of nitrogen functional groups attached to an aromatic ring is 1. The quantitative estimate of drug-likeness (QED) is 0.816. The average Bonchev–Trinajstić information content (AvgIpc) is 2.73. The molecule has 0 amide bonds. The minimum Gasteiger partial charge on any atom is -0.396 e. The van der Waals surface area contributed by atoms with Crippen molar-refractivity contribution >= 4 is 28.9 Å². The van der Waals surface area contributed by atoms with Crippen molar-refractivity contribution < 1.29 is 17.7 Å². The summed E-state index contributed by atoms with van der Waals surface area (Å²) >= 11 is 11.5. The van der Waals surface area contributed by atoms with E-state index in [0.29, 0.717) is 0 Å². The van der Waals surface area contributed by atoms with Crippen LogP contribution in [0.5, 0.6) is 0 Å². The van der Waals surface area contributed by atoms with Crippen LogP contribution in [0.25, 0.3) is 11.5 Å². The van der Waals surface area contributed by atoms with Crippen molar-refractivity contribution in [1.29, 1.82) is 0 Å². The molecule has 2 rings (SSSR count). The van der Waals surface area contributed by atoms with Crippen molar-refractivity contribution in [3.8, 4) is 11.5 Å². The third-order valence-corrected chi connectivity index (χ3v) is 2.63. The molecular formula is C9H4Cl2F3N3O. The van der Waals surface area contributed by atoms with Crippen LogP contribution in [-0.4, -0.2) is 10.1 Å². The zero-order valence-electron chi connectivity index (χ0n) is 8.42. The average molecular weight is 298 g/mol. The van der Waals surface area contributed by atoms with Gasteiger partial charge in [-0.2, -0.15) is 18.2 Å². The van der Waals surface area contributed by atoms with Gasteiger partial charge in [-0.15, -0.1) is 0 Å². The Morgan fingerprint density at radius 3 is 2.17 bits per heavy atom. The number of aromatic nitrogens is 2. The Morgan fingerprint density at radius 1 is 1.17 bits per heavy atom. The van der Waals surface area contributed by atoms with Gasteiger partial charge in [0, 0.05) is 5.56 Å². The van der Waals surface area contributed by atoms with E-state index in [1.54, 1.807) is 0 Å². The molecular weight excluding hydrogens is 294 g/mol. The van der Waals surface area contributed by atoms with Gasteiger partial charge >= 0.3 is 6.18 Å². The lowest BCUT2D eigenvalue weighted by molar-refractivity contribution is -0.146. The number of alkyl halides is 3. The molecule has 0 fully saturated rings. The number of hydrogen-bond donors (Lipinski definition) is 1. The highest BCUT2D eigenvalue weighted by atomic mass is 35.5. The van der Waals surface area contributed by atoms with Crippen LogP contribution < -0.4 is 5.73 Å². The van der Waals surface area contributed by atoms with Crippen LogP contribution in [0.2, 0.25) is 10.0 Å². The summed E-state index contributed by atoms with van der Waals surface area (Å²) in [6, 6.07) is 2.58. The summed E-state index contributed by atoms with van der Waals surface area (Å²) < 4.78 is 41.3. The molecule has 0 aliphatic carbocycles. The second-order valence-electron chi connectivity index (χ2n) is 3.27.